The molecule has 0 saturated carbocycles. The van der Waals surface area contributed by atoms with Crippen molar-refractivity contribution in [1.82, 2.24) is 0 Å². The molecule has 0 spiro atoms. The maximum atomic E-state index is 13.2. The number of halogens is 2. The molecule has 9 nitrogen and oxygen atoms in total. The monoisotopic (exact) mass is 573 g/mol. The van der Waals surface area contributed by atoms with Gasteiger partial charge in [-0.05, 0) is 55.1 Å². The Morgan fingerprint density at radius 3 is 2.42 bits per heavy atom. The SMILES string of the molecule is CCOc1cc(NC(=O)c2cc3ccccc3c(N=Nc3c(Cl)cc(C)cc3S(=O)(=O)O)c2O)ccc1Cl. The summed E-state index contributed by atoms with van der Waals surface area (Å²) in [5, 5.41) is 23.1. The van der Waals surface area contributed by atoms with Crippen molar-refractivity contribution in [3.63, 3.8) is 0 Å². The van der Waals surface area contributed by atoms with Crippen LogP contribution < -0.4 is 10.1 Å². The smallest absolute Gasteiger partial charge is 0.296 e. The van der Waals surface area contributed by atoms with Crippen LogP contribution in [-0.4, -0.2) is 30.6 Å². The number of phenolic OH excluding ortho intramolecular Hbond substituents is 1. The number of nitrogens with one attached hydrogen (secondary N) is 1. The first-order valence-electron chi connectivity index (χ1n) is 11.2. The summed E-state index contributed by atoms with van der Waals surface area (Å²) in [5.41, 5.74) is 0.321. The van der Waals surface area contributed by atoms with E-state index in [1.807, 2.05) is 0 Å². The van der Waals surface area contributed by atoms with Crippen molar-refractivity contribution in [2.75, 3.05) is 11.9 Å². The Hall–Kier alpha value is -3.70. The van der Waals surface area contributed by atoms with E-state index in [0.29, 0.717) is 39.4 Å². The van der Waals surface area contributed by atoms with Crippen LogP contribution in [0.2, 0.25) is 10.0 Å². The minimum Gasteiger partial charge on any atom is -0.505 e. The van der Waals surface area contributed by atoms with E-state index in [4.69, 9.17) is 27.9 Å². The number of aryl methyl sites for hydroxylation is 1. The van der Waals surface area contributed by atoms with Gasteiger partial charge in [-0.15, -0.1) is 10.2 Å². The van der Waals surface area contributed by atoms with Crippen LogP contribution in [0, 0.1) is 6.92 Å². The van der Waals surface area contributed by atoms with Gasteiger partial charge in [-0.3, -0.25) is 9.35 Å². The molecule has 0 unspecified atom stereocenters. The lowest BCUT2D eigenvalue weighted by molar-refractivity contribution is 0.102. The van der Waals surface area contributed by atoms with Crippen molar-refractivity contribution >= 4 is 67.1 Å². The van der Waals surface area contributed by atoms with Crippen LogP contribution in [-0.2, 0) is 10.1 Å². The van der Waals surface area contributed by atoms with Gasteiger partial charge in [-0.1, -0.05) is 47.5 Å². The summed E-state index contributed by atoms with van der Waals surface area (Å²) in [6.45, 7) is 3.77. The van der Waals surface area contributed by atoms with Crippen molar-refractivity contribution in [2.45, 2.75) is 18.7 Å². The van der Waals surface area contributed by atoms with Gasteiger partial charge in [0.1, 0.15) is 22.0 Å². The number of phenols is 1. The minimum atomic E-state index is -4.69. The fourth-order valence-electron chi connectivity index (χ4n) is 3.73. The maximum absolute atomic E-state index is 13.2. The Balaban J connectivity index is 1.81. The second-order valence-electron chi connectivity index (χ2n) is 8.14. The lowest BCUT2D eigenvalue weighted by Gasteiger charge is -2.13. The van der Waals surface area contributed by atoms with Crippen molar-refractivity contribution < 1.29 is 27.6 Å². The van der Waals surface area contributed by atoms with E-state index < -0.39 is 26.7 Å². The number of rotatable bonds is 7. The molecule has 0 saturated heterocycles. The molecule has 196 valence electrons. The second-order valence-corrected chi connectivity index (χ2v) is 10.3. The fourth-order valence-corrected chi connectivity index (χ4v) is 5.00. The highest BCUT2D eigenvalue weighted by Gasteiger charge is 2.22. The molecule has 4 aromatic rings. The maximum Gasteiger partial charge on any atom is 0.296 e. The molecule has 0 aromatic heterocycles. The molecule has 0 fully saturated rings. The third-order valence-electron chi connectivity index (χ3n) is 5.43. The summed E-state index contributed by atoms with van der Waals surface area (Å²) in [6, 6.07) is 15.6. The van der Waals surface area contributed by atoms with Gasteiger partial charge < -0.3 is 15.2 Å². The Morgan fingerprint density at radius 1 is 1.00 bits per heavy atom. The van der Waals surface area contributed by atoms with Crippen LogP contribution in [0.5, 0.6) is 11.5 Å². The van der Waals surface area contributed by atoms with Gasteiger partial charge >= 0.3 is 0 Å². The Bertz CT molecular complexity index is 1710. The van der Waals surface area contributed by atoms with Crippen molar-refractivity contribution in [1.29, 1.82) is 0 Å². The van der Waals surface area contributed by atoms with E-state index in [1.54, 1.807) is 56.3 Å². The molecule has 0 bridgehead atoms. The third-order valence-corrected chi connectivity index (χ3v) is 6.90. The number of anilines is 1. The minimum absolute atomic E-state index is 0.0769. The van der Waals surface area contributed by atoms with Gasteiger partial charge in [0.2, 0.25) is 0 Å². The normalized spacial score (nSPS) is 11.7. The molecular formula is C26H21Cl2N3O6S. The Labute approximate surface area is 228 Å². The molecule has 4 rings (SSSR count). The van der Waals surface area contributed by atoms with Crippen LogP contribution in [0.3, 0.4) is 0 Å². The average Bonchev–Trinajstić information content (AvgIpc) is 2.85. The molecule has 3 N–H and O–H groups in total. The summed E-state index contributed by atoms with van der Waals surface area (Å²) in [5.74, 6) is -0.768. The van der Waals surface area contributed by atoms with E-state index in [-0.39, 0.29) is 22.0 Å². The third kappa shape index (κ3) is 5.73. The zero-order valence-corrected chi connectivity index (χ0v) is 22.4. The first-order chi connectivity index (χ1) is 18.0. The topological polar surface area (TPSA) is 138 Å². The standard InChI is InChI=1S/C26H21Cl2N3O6S/c1-3-37-21-13-16(8-9-19(21)27)29-26(33)18-12-15-6-4-5-7-17(15)23(25(18)32)30-31-24-20(28)10-14(2)11-22(24)38(34,35)36/h4-13,32H,3H2,1-2H3,(H,29,33)(H,34,35,36). The molecule has 12 heteroatoms. The lowest BCUT2D eigenvalue weighted by Crippen LogP contribution is -2.12. The van der Waals surface area contributed by atoms with E-state index >= 15 is 0 Å². The molecule has 38 heavy (non-hydrogen) atoms. The highest BCUT2D eigenvalue weighted by molar-refractivity contribution is 7.86. The Kier molecular flexibility index (Phi) is 7.89. The molecule has 0 atom stereocenters. The number of carbonyl (C=O) groups is 1. The zero-order chi connectivity index (χ0) is 27.6. The number of fused-ring (bicyclic) bond motifs is 1. The average molecular weight is 574 g/mol. The molecule has 0 aliphatic heterocycles. The molecule has 4 aromatic carbocycles. The quantitative estimate of drug-likeness (QED) is 0.155. The van der Waals surface area contributed by atoms with E-state index in [9.17, 15) is 22.9 Å². The van der Waals surface area contributed by atoms with Crippen LogP contribution in [0.25, 0.3) is 10.8 Å². The number of hydrogen-bond acceptors (Lipinski definition) is 7. The van der Waals surface area contributed by atoms with Crippen LogP contribution in [0.15, 0.2) is 75.8 Å². The molecule has 0 aliphatic rings. The van der Waals surface area contributed by atoms with E-state index in [0.717, 1.165) is 0 Å². The number of ether oxygens (including phenoxy) is 1. The summed E-state index contributed by atoms with van der Waals surface area (Å²) in [4.78, 5) is 12.6. The number of nitrogens with zero attached hydrogens (tertiary/aromatic N) is 2. The highest BCUT2D eigenvalue weighted by Crippen LogP contribution is 2.41. The van der Waals surface area contributed by atoms with Crippen molar-refractivity contribution in [3.8, 4) is 11.5 Å². The number of hydrogen-bond donors (Lipinski definition) is 3. The van der Waals surface area contributed by atoms with Crippen LogP contribution >= 0.6 is 23.2 Å². The molecule has 0 heterocycles. The Morgan fingerprint density at radius 2 is 1.71 bits per heavy atom. The number of benzene rings is 4. The molecular weight excluding hydrogens is 553 g/mol. The van der Waals surface area contributed by atoms with Gasteiger partial charge in [0.05, 0.1) is 22.2 Å². The summed E-state index contributed by atoms with van der Waals surface area (Å²) in [6.07, 6.45) is 0. The molecule has 0 radical (unpaired) electrons. The number of aromatic hydroxyl groups is 1. The van der Waals surface area contributed by atoms with Gasteiger partial charge in [0.25, 0.3) is 16.0 Å². The largest absolute Gasteiger partial charge is 0.505 e. The predicted octanol–water partition coefficient (Wildman–Crippen LogP) is 7.47. The number of amides is 1. The van der Waals surface area contributed by atoms with Crippen LogP contribution in [0.1, 0.15) is 22.8 Å². The summed E-state index contributed by atoms with van der Waals surface area (Å²) >= 11 is 12.3. The van der Waals surface area contributed by atoms with Gasteiger partial charge in [0, 0.05) is 17.1 Å². The van der Waals surface area contributed by atoms with Gasteiger partial charge in [0.15, 0.2) is 5.75 Å². The van der Waals surface area contributed by atoms with Crippen molar-refractivity contribution in [3.05, 3.63) is 81.8 Å². The second kappa shape index (κ2) is 11.0. The highest BCUT2D eigenvalue weighted by atomic mass is 35.5. The van der Waals surface area contributed by atoms with E-state index in [2.05, 4.69) is 15.5 Å². The van der Waals surface area contributed by atoms with Crippen LogP contribution in [0.4, 0.5) is 17.1 Å². The van der Waals surface area contributed by atoms with Gasteiger partial charge in [-0.2, -0.15) is 8.42 Å². The summed E-state index contributed by atoms with van der Waals surface area (Å²) < 4.78 is 39.0. The van der Waals surface area contributed by atoms with Gasteiger partial charge in [-0.25, -0.2) is 0 Å². The molecule has 0 aliphatic carbocycles. The summed E-state index contributed by atoms with van der Waals surface area (Å²) in [7, 11) is -4.69. The van der Waals surface area contributed by atoms with E-state index in [1.165, 1.54) is 18.2 Å². The first kappa shape index (κ1) is 27.3. The van der Waals surface area contributed by atoms with Crippen molar-refractivity contribution in [2.24, 2.45) is 10.2 Å². The zero-order valence-electron chi connectivity index (χ0n) is 20.1. The molecule has 1 amide bonds. The fraction of sp³-hybridized carbons (Fsp3) is 0.115. The first-order valence-corrected chi connectivity index (χ1v) is 13.4. The predicted molar refractivity (Wildman–Crippen MR) is 146 cm³/mol. The number of carbonyl (C=O) groups excluding carboxylic acids is 1. The lowest BCUT2D eigenvalue weighted by atomic mass is 10.0. The number of azo groups is 1.